The zero-order valence-corrected chi connectivity index (χ0v) is 20.6. The van der Waals surface area contributed by atoms with Gasteiger partial charge in [-0.25, -0.2) is 8.42 Å². The first kappa shape index (κ1) is 29.1. The molecule has 1 aromatic rings. The van der Waals surface area contributed by atoms with Crippen LogP contribution in [0.25, 0.3) is 0 Å². The summed E-state index contributed by atoms with van der Waals surface area (Å²) in [5, 5.41) is 0. The van der Waals surface area contributed by atoms with Gasteiger partial charge < -0.3 is 9.04 Å². The molecule has 30 heavy (non-hydrogen) atoms. The van der Waals surface area contributed by atoms with E-state index in [1.807, 2.05) is 0 Å². The van der Waals surface area contributed by atoms with Crippen LogP contribution in [-0.4, -0.2) is 44.7 Å². The predicted octanol–water partition coefficient (Wildman–Crippen LogP) is 6.06. The Bertz CT molecular complexity index is 603. The topological polar surface area (TPSA) is 66.4 Å². The molecule has 0 unspecified atom stereocenters. The summed E-state index contributed by atoms with van der Waals surface area (Å²) in [4.78, 5) is 0. The lowest BCUT2D eigenvalue weighted by Crippen LogP contribution is -2.39. The van der Waals surface area contributed by atoms with Crippen LogP contribution in [0.15, 0.2) is 30.3 Å². The molecule has 0 amide bonds. The molecule has 0 aromatic heterocycles. The SMILES string of the molecule is CCCCCCCCCCCC[N+](C)(C)Cc1ccccc1.CCCOS(=O)(=O)[O-]. The highest BCUT2D eigenvalue weighted by Crippen LogP contribution is 2.14. The van der Waals surface area contributed by atoms with Gasteiger partial charge in [-0.3, -0.25) is 4.18 Å². The molecule has 0 spiro atoms. The highest BCUT2D eigenvalue weighted by molar-refractivity contribution is 7.80. The molecule has 0 aliphatic rings. The van der Waals surface area contributed by atoms with Crippen molar-refractivity contribution >= 4 is 10.4 Å². The Morgan fingerprint density at radius 3 is 1.73 bits per heavy atom. The largest absolute Gasteiger partial charge is 0.726 e. The summed E-state index contributed by atoms with van der Waals surface area (Å²) < 4.78 is 33.7. The smallest absolute Gasteiger partial charge is 0.217 e. The Hall–Kier alpha value is -0.950. The highest BCUT2D eigenvalue weighted by atomic mass is 32.3. The van der Waals surface area contributed by atoms with Crippen LogP contribution in [0.2, 0.25) is 0 Å². The second-order valence-electron chi connectivity index (χ2n) is 8.72. The predicted molar refractivity (Wildman–Crippen MR) is 125 cm³/mol. The minimum atomic E-state index is -4.44. The van der Waals surface area contributed by atoms with Gasteiger partial charge in [0.25, 0.3) is 0 Å². The molecule has 0 bridgehead atoms. The van der Waals surface area contributed by atoms with E-state index < -0.39 is 10.4 Å². The summed E-state index contributed by atoms with van der Waals surface area (Å²) in [6, 6.07) is 10.9. The zero-order chi connectivity index (χ0) is 22.7. The van der Waals surface area contributed by atoms with Crippen LogP contribution in [0.5, 0.6) is 0 Å². The van der Waals surface area contributed by atoms with Crippen molar-refractivity contribution in [3.05, 3.63) is 35.9 Å². The van der Waals surface area contributed by atoms with Crippen LogP contribution in [0.3, 0.4) is 0 Å². The molecule has 0 fully saturated rings. The van der Waals surface area contributed by atoms with E-state index in [0.29, 0.717) is 6.42 Å². The third-order valence-corrected chi connectivity index (χ3v) is 5.46. The number of hydrogen-bond acceptors (Lipinski definition) is 4. The average Bonchev–Trinajstić information content (AvgIpc) is 2.68. The van der Waals surface area contributed by atoms with Crippen LogP contribution in [-0.2, 0) is 21.1 Å². The van der Waals surface area contributed by atoms with Crippen LogP contribution in [0.1, 0.15) is 90.0 Å². The van der Waals surface area contributed by atoms with Gasteiger partial charge in [-0.05, 0) is 19.3 Å². The molecule has 0 saturated heterocycles. The lowest BCUT2D eigenvalue weighted by atomic mass is 10.1. The molecule has 0 heterocycles. The lowest BCUT2D eigenvalue weighted by molar-refractivity contribution is -0.903. The van der Waals surface area contributed by atoms with E-state index in [1.165, 1.54) is 76.3 Å². The van der Waals surface area contributed by atoms with Crippen molar-refractivity contribution < 1.29 is 21.6 Å². The van der Waals surface area contributed by atoms with Gasteiger partial charge in [0.1, 0.15) is 6.54 Å². The molecular weight excluding hydrogens is 398 g/mol. The van der Waals surface area contributed by atoms with Crippen LogP contribution >= 0.6 is 0 Å². The Balaban J connectivity index is 0.000000890. The van der Waals surface area contributed by atoms with E-state index >= 15 is 0 Å². The van der Waals surface area contributed by atoms with Crippen molar-refractivity contribution in [1.29, 1.82) is 0 Å². The average molecular weight is 444 g/mol. The van der Waals surface area contributed by atoms with Crippen molar-refractivity contribution in [2.24, 2.45) is 0 Å². The number of quaternary nitrogens is 1. The second-order valence-corrected chi connectivity index (χ2v) is 9.77. The molecule has 0 saturated carbocycles. The van der Waals surface area contributed by atoms with E-state index in [2.05, 4.69) is 55.5 Å². The van der Waals surface area contributed by atoms with Crippen LogP contribution in [0, 0.1) is 0 Å². The molecule has 0 atom stereocenters. The van der Waals surface area contributed by atoms with E-state index in [9.17, 15) is 13.0 Å². The van der Waals surface area contributed by atoms with Gasteiger partial charge in [-0.1, -0.05) is 95.5 Å². The van der Waals surface area contributed by atoms with Crippen molar-refractivity contribution in [3.8, 4) is 0 Å². The summed E-state index contributed by atoms with van der Waals surface area (Å²) in [6.07, 6.45) is 14.8. The zero-order valence-electron chi connectivity index (χ0n) is 19.8. The van der Waals surface area contributed by atoms with Crippen molar-refractivity contribution in [2.45, 2.75) is 91.0 Å². The maximum atomic E-state index is 9.61. The Morgan fingerprint density at radius 1 is 0.800 bits per heavy atom. The van der Waals surface area contributed by atoms with Crippen LogP contribution in [0.4, 0.5) is 0 Å². The van der Waals surface area contributed by atoms with Gasteiger partial charge in [0.15, 0.2) is 0 Å². The fraction of sp³-hybridized carbons (Fsp3) is 0.750. The quantitative estimate of drug-likeness (QED) is 0.135. The molecule has 0 radical (unpaired) electrons. The van der Waals surface area contributed by atoms with Crippen molar-refractivity contribution in [1.82, 2.24) is 0 Å². The molecule has 0 N–H and O–H groups in total. The molecule has 0 aliphatic carbocycles. The summed E-state index contributed by atoms with van der Waals surface area (Å²) >= 11 is 0. The van der Waals surface area contributed by atoms with Gasteiger partial charge in [-0.15, -0.1) is 0 Å². The van der Waals surface area contributed by atoms with E-state index in [1.54, 1.807) is 6.92 Å². The molecule has 5 nitrogen and oxygen atoms in total. The van der Waals surface area contributed by atoms with E-state index in [0.717, 1.165) is 11.0 Å². The normalized spacial score (nSPS) is 11.8. The fourth-order valence-corrected chi connectivity index (χ4v) is 3.74. The number of benzene rings is 1. The first-order chi connectivity index (χ1) is 14.2. The van der Waals surface area contributed by atoms with Gasteiger partial charge in [0, 0.05) is 5.56 Å². The summed E-state index contributed by atoms with van der Waals surface area (Å²) in [6.45, 7) is 6.43. The van der Waals surface area contributed by atoms with Gasteiger partial charge in [0.05, 0.1) is 27.2 Å². The van der Waals surface area contributed by atoms with E-state index in [-0.39, 0.29) is 6.61 Å². The molecule has 1 aromatic carbocycles. The van der Waals surface area contributed by atoms with Gasteiger partial charge >= 0.3 is 0 Å². The Morgan fingerprint density at radius 2 is 1.30 bits per heavy atom. The monoisotopic (exact) mass is 443 g/mol. The van der Waals surface area contributed by atoms with Crippen LogP contribution < -0.4 is 0 Å². The maximum absolute atomic E-state index is 9.61. The number of nitrogens with zero attached hydrogens (tertiary/aromatic N) is 1. The van der Waals surface area contributed by atoms with Crippen molar-refractivity contribution in [2.75, 3.05) is 27.2 Å². The number of hydrogen-bond donors (Lipinski definition) is 0. The Kier molecular flexibility index (Phi) is 17.1. The molecule has 1 rings (SSSR count). The summed E-state index contributed by atoms with van der Waals surface area (Å²) in [7, 11) is 0.287. The first-order valence-corrected chi connectivity index (χ1v) is 13.0. The molecular formula is C24H45NO4S. The minimum Gasteiger partial charge on any atom is -0.726 e. The van der Waals surface area contributed by atoms with Gasteiger partial charge in [0.2, 0.25) is 10.4 Å². The first-order valence-electron chi connectivity index (χ1n) is 11.7. The van der Waals surface area contributed by atoms with Crippen molar-refractivity contribution in [3.63, 3.8) is 0 Å². The lowest BCUT2D eigenvalue weighted by Gasteiger charge is -2.30. The summed E-state index contributed by atoms with van der Waals surface area (Å²) in [5.41, 5.74) is 1.46. The standard InChI is InChI=1S/C21H38N.C3H8O4S/c1-4-5-6-7-8-9-10-11-12-16-19-22(2,3)20-21-17-14-13-15-18-21;1-2-3-7-8(4,5)6/h13-15,17-18H,4-12,16,19-20H2,1-3H3;2-3H2,1H3,(H,4,5,6)/q+1;/p-1. The number of unbranched alkanes of at least 4 members (excludes halogenated alkanes) is 9. The fourth-order valence-electron chi connectivity index (χ4n) is 3.37. The second kappa shape index (κ2) is 17.7. The third-order valence-electron chi connectivity index (χ3n) is 5.00. The molecule has 6 heteroatoms. The van der Waals surface area contributed by atoms with E-state index in [4.69, 9.17) is 0 Å². The third kappa shape index (κ3) is 20.3. The molecule has 0 aliphatic heterocycles. The van der Waals surface area contributed by atoms with Gasteiger partial charge in [-0.2, -0.15) is 0 Å². The summed E-state index contributed by atoms with van der Waals surface area (Å²) in [5.74, 6) is 0. The minimum absolute atomic E-state index is 0.0220. The highest BCUT2D eigenvalue weighted by Gasteiger charge is 2.14. The maximum Gasteiger partial charge on any atom is 0.217 e. The molecule has 176 valence electrons. The number of rotatable bonds is 16. The Labute approximate surface area is 186 Å².